The summed E-state index contributed by atoms with van der Waals surface area (Å²) in [4.78, 5) is 14.8. The number of hydrogen-bond donors (Lipinski definition) is 0. The molecule has 1 saturated heterocycles. The van der Waals surface area contributed by atoms with Crippen molar-refractivity contribution in [2.45, 2.75) is 31.1 Å². The Morgan fingerprint density at radius 1 is 1.12 bits per heavy atom. The number of nitrogens with zero attached hydrogens (tertiary/aromatic N) is 1. The van der Waals surface area contributed by atoms with E-state index in [-0.39, 0.29) is 17.2 Å². The maximum Gasteiger partial charge on any atom is 0.242 e. The van der Waals surface area contributed by atoms with Gasteiger partial charge in [-0.15, -0.1) is 0 Å². The van der Waals surface area contributed by atoms with Gasteiger partial charge in [-0.25, -0.2) is 0 Å². The highest BCUT2D eigenvalue weighted by atomic mass is 32.2. The molecule has 25 heavy (non-hydrogen) atoms. The fraction of sp³-hybridized carbons (Fsp3) is 0.300. The fourth-order valence-electron chi connectivity index (χ4n) is 3.06. The third-order valence-electron chi connectivity index (χ3n) is 4.31. The summed E-state index contributed by atoms with van der Waals surface area (Å²) in [5.74, 6) is 0.908. The van der Waals surface area contributed by atoms with E-state index in [1.54, 1.807) is 12.0 Å². The Morgan fingerprint density at radius 2 is 1.76 bits per heavy atom. The normalized spacial score (nSPS) is 18.5. The zero-order valence-corrected chi connectivity index (χ0v) is 16.0. The minimum Gasteiger partial charge on any atom is -0.497 e. The maximum atomic E-state index is 13.0. The van der Waals surface area contributed by atoms with Crippen LogP contribution in [0.3, 0.4) is 0 Å². The van der Waals surface area contributed by atoms with E-state index in [1.165, 1.54) is 11.8 Å². The van der Waals surface area contributed by atoms with Crippen LogP contribution in [0.5, 0.6) is 5.75 Å². The molecular weight excluding hydrogens is 350 g/mol. The molecule has 1 aliphatic rings. The van der Waals surface area contributed by atoms with Crippen LogP contribution >= 0.6 is 24.0 Å². The second-order valence-corrected chi connectivity index (χ2v) is 7.79. The first-order valence-corrected chi connectivity index (χ1v) is 9.67. The van der Waals surface area contributed by atoms with Gasteiger partial charge in [-0.1, -0.05) is 79.8 Å². The zero-order valence-electron chi connectivity index (χ0n) is 14.3. The van der Waals surface area contributed by atoms with Crippen LogP contribution in [0.1, 0.15) is 36.9 Å². The standard InChI is InChI=1S/C20H21NO2S2/c1-3-7-17-19(22)21(20(24)25-17)18(14-8-5-4-6-9-14)15-10-12-16(23-2)13-11-15/h4-6,8-13,17-18H,3,7H2,1-2H3. The highest BCUT2D eigenvalue weighted by molar-refractivity contribution is 8.24. The van der Waals surface area contributed by atoms with Crippen LogP contribution in [0, 0.1) is 0 Å². The van der Waals surface area contributed by atoms with E-state index >= 15 is 0 Å². The lowest BCUT2D eigenvalue weighted by Crippen LogP contribution is -2.35. The van der Waals surface area contributed by atoms with Gasteiger partial charge in [-0.2, -0.15) is 0 Å². The molecule has 1 heterocycles. The Labute approximate surface area is 158 Å². The second-order valence-electron chi connectivity index (χ2n) is 5.96. The van der Waals surface area contributed by atoms with E-state index in [4.69, 9.17) is 17.0 Å². The number of rotatable bonds is 6. The highest BCUT2D eigenvalue weighted by Gasteiger charge is 2.41. The lowest BCUT2D eigenvalue weighted by Gasteiger charge is -2.28. The SMILES string of the molecule is CCCC1SC(=S)N(C(c2ccccc2)c2ccc(OC)cc2)C1=O. The average molecular weight is 372 g/mol. The van der Waals surface area contributed by atoms with Crippen LogP contribution in [-0.4, -0.2) is 27.5 Å². The Hall–Kier alpha value is -1.85. The van der Waals surface area contributed by atoms with E-state index < -0.39 is 0 Å². The molecule has 1 fully saturated rings. The van der Waals surface area contributed by atoms with Gasteiger partial charge in [0.15, 0.2) is 0 Å². The number of carbonyl (C=O) groups excluding carboxylic acids is 1. The number of carbonyl (C=O) groups is 1. The second kappa shape index (κ2) is 8.02. The van der Waals surface area contributed by atoms with Crippen LogP contribution in [0.2, 0.25) is 0 Å². The Balaban J connectivity index is 2.02. The molecule has 3 nitrogen and oxygen atoms in total. The van der Waals surface area contributed by atoms with Crippen molar-refractivity contribution in [1.82, 2.24) is 4.90 Å². The third kappa shape index (κ3) is 3.72. The average Bonchev–Trinajstić information content (AvgIpc) is 2.92. The molecule has 0 aliphatic carbocycles. The summed E-state index contributed by atoms with van der Waals surface area (Å²) in [7, 11) is 1.65. The molecule has 0 radical (unpaired) electrons. The van der Waals surface area contributed by atoms with Crippen molar-refractivity contribution in [3.63, 3.8) is 0 Å². The quantitative estimate of drug-likeness (QED) is 0.681. The predicted molar refractivity (Wildman–Crippen MR) is 107 cm³/mol. The molecular formula is C20H21NO2S2. The smallest absolute Gasteiger partial charge is 0.242 e. The maximum absolute atomic E-state index is 13.0. The molecule has 5 heteroatoms. The molecule has 1 amide bonds. The molecule has 0 saturated carbocycles. The predicted octanol–water partition coefficient (Wildman–Crippen LogP) is 4.81. The minimum atomic E-state index is -0.207. The molecule has 0 aromatic heterocycles. The summed E-state index contributed by atoms with van der Waals surface area (Å²) < 4.78 is 5.92. The third-order valence-corrected chi connectivity index (χ3v) is 5.91. The van der Waals surface area contributed by atoms with Crippen LogP contribution in [0.15, 0.2) is 54.6 Å². The van der Waals surface area contributed by atoms with Gasteiger partial charge in [0.05, 0.1) is 18.4 Å². The van der Waals surface area contributed by atoms with Crippen molar-refractivity contribution >= 4 is 34.2 Å². The Kier molecular flexibility index (Phi) is 5.76. The molecule has 0 spiro atoms. The molecule has 2 aromatic rings. The first-order valence-electron chi connectivity index (χ1n) is 8.38. The van der Waals surface area contributed by atoms with Crippen LogP contribution in [0.25, 0.3) is 0 Å². The van der Waals surface area contributed by atoms with Crippen LogP contribution in [0.4, 0.5) is 0 Å². The van der Waals surface area contributed by atoms with Crippen molar-refractivity contribution in [2.75, 3.05) is 7.11 Å². The number of thioether (sulfide) groups is 1. The largest absolute Gasteiger partial charge is 0.497 e. The topological polar surface area (TPSA) is 29.5 Å². The minimum absolute atomic E-state index is 0.0676. The van der Waals surface area contributed by atoms with Gasteiger partial charge in [0.2, 0.25) is 5.91 Å². The highest BCUT2D eigenvalue weighted by Crippen LogP contribution is 2.39. The van der Waals surface area contributed by atoms with E-state index in [0.717, 1.165) is 29.7 Å². The van der Waals surface area contributed by atoms with Gasteiger partial charge in [0, 0.05) is 0 Å². The number of ether oxygens (including phenoxy) is 1. The van der Waals surface area contributed by atoms with Gasteiger partial charge < -0.3 is 4.74 Å². The number of benzene rings is 2. The summed E-state index contributed by atoms with van der Waals surface area (Å²) in [6, 6.07) is 17.7. The molecule has 1 aliphatic heterocycles. The van der Waals surface area contributed by atoms with E-state index in [0.29, 0.717) is 4.32 Å². The lowest BCUT2D eigenvalue weighted by molar-refractivity contribution is -0.127. The number of methoxy groups -OCH3 is 1. The van der Waals surface area contributed by atoms with E-state index in [1.807, 2.05) is 54.6 Å². The van der Waals surface area contributed by atoms with Crippen molar-refractivity contribution in [3.05, 3.63) is 65.7 Å². The molecule has 0 bridgehead atoms. The molecule has 2 unspecified atom stereocenters. The van der Waals surface area contributed by atoms with Crippen molar-refractivity contribution in [1.29, 1.82) is 0 Å². The number of amides is 1. The molecule has 2 aromatic carbocycles. The molecule has 3 rings (SSSR count). The Bertz CT molecular complexity index is 746. The number of hydrogen-bond acceptors (Lipinski definition) is 4. The lowest BCUT2D eigenvalue weighted by atomic mass is 9.97. The summed E-state index contributed by atoms with van der Waals surface area (Å²) in [6.07, 6.45) is 1.82. The summed E-state index contributed by atoms with van der Waals surface area (Å²) in [5, 5.41) is -0.0676. The van der Waals surface area contributed by atoms with Crippen LogP contribution in [-0.2, 0) is 4.79 Å². The molecule has 2 atom stereocenters. The van der Waals surface area contributed by atoms with Gasteiger partial charge in [-0.3, -0.25) is 9.69 Å². The van der Waals surface area contributed by atoms with Crippen molar-refractivity contribution in [3.8, 4) is 5.75 Å². The Morgan fingerprint density at radius 3 is 2.36 bits per heavy atom. The molecule has 130 valence electrons. The van der Waals surface area contributed by atoms with Crippen molar-refractivity contribution in [2.24, 2.45) is 0 Å². The van der Waals surface area contributed by atoms with Crippen molar-refractivity contribution < 1.29 is 9.53 Å². The van der Waals surface area contributed by atoms with Gasteiger partial charge in [0.1, 0.15) is 10.1 Å². The number of thiocarbonyl (C=S) groups is 1. The van der Waals surface area contributed by atoms with E-state index in [9.17, 15) is 4.79 Å². The van der Waals surface area contributed by atoms with Gasteiger partial charge in [0.25, 0.3) is 0 Å². The summed E-state index contributed by atoms with van der Waals surface area (Å²) in [5.41, 5.74) is 2.08. The zero-order chi connectivity index (χ0) is 17.8. The fourth-order valence-corrected chi connectivity index (χ4v) is 4.73. The first kappa shape index (κ1) is 18.0. The van der Waals surface area contributed by atoms with Crippen LogP contribution < -0.4 is 4.74 Å². The monoisotopic (exact) mass is 371 g/mol. The summed E-state index contributed by atoms with van der Waals surface area (Å²) in [6.45, 7) is 2.09. The summed E-state index contributed by atoms with van der Waals surface area (Å²) >= 11 is 7.09. The first-order chi connectivity index (χ1) is 12.2. The van der Waals surface area contributed by atoms with E-state index in [2.05, 4.69) is 6.92 Å². The van der Waals surface area contributed by atoms with Gasteiger partial charge >= 0.3 is 0 Å². The van der Waals surface area contributed by atoms with Gasteiger partial charge in [-0.05, 0) is 29.7 Å². The molecule has 0 N–H and O–H groups in total.